The van der Waals surface area contributed by atoms with Gasteiger partial charge in [-0.2, -0.15) is 0 Å². The van der Waals surface area contributed by atoms with Crippen molar-refractivity contribution in [2.24, 2.45) is 12.0 Å². The number of guanidine groups is 1. The van der Waals surface area contributed by atoms with Crippen molar-refractivity contribution in [3.63, 3.8) is 0 Å². The van der Waals surface area contributed by atoms with E-state index in [4.69, 9.17) is 23.2 Å². The lowest BCUT2D eigenvalue weighted by atomic mass is 10.2. The number of hydrogen-bond donors (Lipinski definition) is 3. The monoisotopic (exact) mass is 501 g/mol. The Labute approximate surface area is 176 Å². The first-order valence-electron chi connectivity index (χ1n) is 8.24. The molecule has 1 fully saturated rings. The lowest BCUT2D eigenvalue weighted by Crippen LogP contribution is -2.40. The fourth-order valence-corrected chi connectivity index (χ4v) is 3.23. The Balaban J connectivity index is 0.00000312. The molecule has 9 heteroatoms. The first-order valence-corrected chi connectivity index (χ1v) is 9.00. The summed E-state index contributed by atoms with van der Waals surface area (Å²) < 4.78 is 1.82. The largest absolute Gasteiger partial charge is 0.356 e. The van der Waals surface area contributed by atoms with E-state index in [0.717, 1.165) is 18.5 Å². The molecule has 142 valence electrons. The van der Waals surface area contributed by atoms with E-state index in [0.29, 0.717) is 41.7 Å². The second kappa shape index (κ2) is 11.1. The topological polar surface area (TPSA) is 70.4 Å². The van der Waals surface area contributed by atoms with Crippen molar-refractivity contribution >= 4 is 59.0 Å². The number of aromatic nitrogens is 1. The van der Waals surface area contributed by atoms with Crippen molar-refractivity contribution in [3.8, 4) is 0 Å². The van der Waals surface area contributed by atoms with E-state index >= 15 is 0 Å². The molecule has 1 saturated carbocycles. The van der Waals surface area contributed by atoms with Gasteiger partial charge in [0.05, 0.1) is 11.6 Å². The van der Waals surface area contributed by atoms with E-state index in [2.05, 4.69) is 20.9 Å². The molecule has 3 N–H and O–H groups in total. The van der Waals surface area contributed by atoms with Gasteiger partial charge in [-0.05, 0) is 18.9 Å². The number of carbonyl (C=O) groups excluding carboxylic acids is 1. The zero-order valence-electron chi connectivity index (χ0n) is 14.6. The molecule has 0 saturated heterocycles. The second-order valence-corrected chi connectivity index (χ2v) is 6.75. The molecular weight excluding hydrogens is 476 g/mol. The fourth-order valence-electron chi connectivity index (χ4n) is 2.82. The van der Waals surface area contributed by atoms with Crippen LogP contribution >= 0.6 is 47.2 Å². The van der Waals surface area contributed by atoms with Gasteiger partial charge < -0.3 is 20.5 Å². The van der Waals surface area contributed by atoms with E-state index in [-0.39, 0.29) is 29.9 Å². The van der Waals surface area contributed by atoms with E-state index < -0.39 is 0 Å². The molecule has 6 nitrogen and oxygen atoms in total. The highest BCUT2D eigenvalue weighted by Crippen LogP contribution is 2.24. The maximum atomic E-state index is 11.9. The predicted molar refractivity (Wildman–Crippen MR) is 114 cm³/mol. The highest BCUT2D eigenvalue weighted by atomic mass is 127. The number of rotatable bonds is 6. The minimum atomic E-state index is 0. The summed E-state index contributed by atoms with van der Waals surface area (Å²) in [5.74, 6) is 0.725. The highest BCUT2D eigenvalue weighted by molar-refractivity contribution is 14.0. The summed E-state index contributed by atoms with van der Waals surface area (Å²) in [4.78, 5) is 16.0. The number of nitrogens with zero attached hydrogens (tertiary/aromatic N) is 2. The molecule has 0 radical (unpaired) electrons. The smallest absolute Gasteiger partial charge is 0.221 e. The lowest BCUT2D eigenvalue weighted by Gasteiger charge is -2.14. The second-order valence-electron chi connectivity index (χ2n) is 5.98. The number of halogens is 3. The van der Waals surface area contributed by atoms with Gasteiger partial charge in [0.15, 0.2) is 5.96 Å². The van der Waals surface area contributed by atoms with E-state index in [1.165, 1.54) is 12.8 Å². The molecule has 0 bridgehead atoms. The minimum Gasteiger partial charge on any atom is -0.356 e. The summed E-state index contributed by atoms with van der Waals surface area (Å²) in [6, 6.07) is 2.18. The van der Waals surface area contributed by atoms with Gasteiger partial charge in [-0.3, -0.25) is 9.79 Å². The van der Waals surface area contributed by atoms with E-state index in [1.807, 2.05) is 17.7 Å². The first-order chi connectivity index (χ1) is 11.5. The Bertz CT molecular complexity index is 600. The molecule has 1 aromatic rings. The van der Waals surface area contributed by atoms with Gasteiger partial charge in [0.25, 0.3) is 0 Å². The zero-order valence-corrected chi connectivity index (χ0v) is 18.4. The molecule has 1 heterocycles. The van der Waals surface area contributed by atoms with Crippen LogP contribution < -0.4 is 16.0 Å². The van der Waals surface area contributed by atoms with Crippen LogP contribution in [0, 0.1) is 0 Å². The quantitative estimate of drug-likeness (QED) is 0.318. The Morgan fingerprint density at radius 1 is 1.32 bits per heavy atom. The SMILES string of the molecule is CN=C(NCCC(=O)NC1CCCC1)NCc1cc(Cl)c(Cl)n1C.I. The van der Waals surface area contributed by atoms with Gasteiger partial charge >= 0.3 is 0 Å². The van der Waals surface area contributed by atoms with Gasteiger partial charge in [0, 0.05) is 38.8 Å². The van der Waals surface area contributed by atoms with Crippen LogP contribution in [0.15, 0.2) is 11.1 Å². The standard InChI is InChI=1S/C16H25Cl2N5O.HI/c1-19-16(21-10-12-9-13(17)15(18)23(12)2)20-8-7-14(24)22-11-5-3-4-6-11;/h9,11H,3-8,10H2,1-2H3,(H,22,24)(H2,19,20,21);1H. The normalized spacial score (nSPS) is 15.0. The van der Waals surface area contributed by atoms with Crippen molar-refractivity contribution in [3.05, 3.63) is 21.9 Å². The van der Waals surface area contributed by atoms with Crippen LogP contribution in [-0.2, 0) is 18.4 Å². The van der Waals surface area contributed by atoms with Gasteiger partial charge in [0.1, 0.15) is 5.15 Å². The first kappa shape index (κ1) is 22.4. The number of amides is 1. The summed E-state index contributed by atoms with van der Waals surface area (Å²) >= 11 is 12.0. The summed E-state index contributed by atoms with van der Waals surface area (Å²) in [6.45, 7) is 1.07. The molecule has 1 amide bonds. The molecule has 0 spiro atoms. The number of carbonyl (C=O) groups is 1. The number of nitrogens with one attached hydrogen (secondary N) is 3. The van der Waals surface area contributed by atoms with Gasteiger partial charge in [-0.25, -0.2) is 0 Å². The van der Waals surface area contributed by atoms with Crippen molar-refractivity contribution in [1.29, 1.82) is 0 Å². The lowest BCUT2D eigenvalue weighted by molar-refractivity contribution is -0.121. The van der Waals surface area contributed by atoms with E-state index in [9.17, 15) is 4.79 Å². The van der Waals surface area contributed by atoms with Crippen LogP contribution in [0.25, 0.3) is 0 Å². The molecule has 25 heavy (non-hydrogen) atoms. The summed E-state index contributed by atoms with van der Waals surface area (Å²) in [6.07, 6.45) is 5.06. The van der Waals surface area contributed by atoms with Crippen molar-refractivity contribution in [2.75, 3.05) is 13.6 Å². The molecule has 0 atom stereocenters. The Morgan fingerprint density at radius 3 is 2.56 bits per heavy atom. The maximum absolute atomic E-state index is 11.9. The van der Waals surface area contributed by atoms with Crippen molar-refractivity contribution in [1.82, 2.24) is 20.5 Å². The Morgan fingerprint density at radius 2 is 2.00 bits per heavy atom. The average Bonchev–Trinajstić information content (AvgIpc) is 3.15. The summed E-state index contributed by atoms with van der Waals surface area (Å²) in [7, 11) is 3.55. The van der Waals surface area contributed by atoms with Crippen LogP contribution in [0.3, 0.4) is 0 Å². The molecule has 1 aromatic heterocycles. The predicted octanol–water partition coefficient (Wildman–Crippen LogP) is 3.06. The average molecular weight is 502 g/mol. The van der Waals surface area contributed by atoms with Crippen LogP contribution in [0.2, 0.25) is 10.2 Å². The Hall–Kier alpha value is -0.670. The van der Waals surface area contributed by atoms with Crippen LogP contribution in [0.1, 0.15) is 37.8 Å². The van der Waals surface area contributed by atoms with Crippen LogP contribution in [0.5, 0.6) is 0 Å². The molecule has 0 aliphatic heterocycles. The molecular formula is C16H26Cl2IN5O. The van der Waals surface area contributed by atoms with Gasteiger partial charge in [0.2, 0.25) is 5.91 Å². The Kier molecular flexibility index (Phi) is 9.96. The zero-order chi connectivity index (χ0) is 17.5. The fraction of sp³-hybridized carbons (Fsp3) is 0.625. The molecule has 0 aromatic carbocycles. The molecule has 2 rings (SSSR count). The summed E-state index contributed by atoms with van der Waals surface area (Å²) in [5.41, 5.74) is 0.951. The van der Waals surface area contributed by atoms with Gasteiger partial charge in [-0.1, -0.05) is 36.0 Å². The van der Waals surface area contributed by atoms with Gasteiger partial charge in [-0.15, -0.1) is 24.0 Å². The third-order valence-electron chi connectivity index (χ3n) is 4.24. The third-order valence-corrected chi connectivity index (χ3v) is 5.08. The van der Waals surface area contributed by atoms with E-state index in [1.54, 1.807) is 7.05 Å². The molecule has 0 unspecified atom stereocenters. The third kappa shape index (κ3) is 6.86. The number of hydrogen-bond acceptors (Lipinski definition) is 2. The number of aliphatic imine (C=N–C) groups is 1. The van der Waals surface area contributed by atoms with Crippen molar-refractivity contribution < 1.29 is 4.79 Å². The molecule has 1 aliphatic rings. The molecule has 1 aliphatic carbocycles. The highest BCUT2D eigenvalue weighted by Gasteiger charge is 2.16. The minimum absolute atomic E-state index is 0. The maximum Gasteiger partial charge on any atom is 0.221 e. The van der Waals surface area contributed by atoms with Crippen LogP contribution in [0.4, 0.5) is 0 Å². The van der Waals surface area contributed by atoms with Crippen molar-refractivity contribution in [2.45, 2.75) is 44.7 Å². The van der Waals surface area contributed by atoms with Crippen LogP contribution in [-0.4, -0.2) is 36.1 Å². The summed E-state index contributed by atoms with van der Waals surface area (Å²) in [5, 5.41) is 10.4.